The van der Waals surface area contributed by atoms with E-state index in [2.05, 4.69) is 10.4 Å². The Morgan fingerprint density at radius 1 is 1.22 bits per heavy atom. The molecule has 0 fully saturated rings. The number of hydrogen-bond donors (Lipinski definition) is 3. The molecule has 164 valence electrons. The third kappa shape index (κ3) is 3.88. The second-order valence-electron chi connectivity index (χ2n) is 7.73. The van der Waals surface area contributed by atoms with Crippen LogP contribution in [-0.2, 0) is 13.7 Å². The van der Waals surface area contributed by atoms with Gasteiger partial charge in [-0.25, -0.2) is 4.79 Å². The number of carbonyl (C=O) groups is 1. The largest absolute Gasteiger partial charge is 0.478 e. The standard InChI is InChI=1S/C24H23N3O5/c1-13-8-17(14(2)25-19-7-5-4-6-16(19)24(30)31)23-18(9-13)21(29)11-22(32-23)20-10-15(12-28)27(3)26-20/h4-11,14,25,28H,12H2,1-3H3,(H,30,31)/t14-/m1/s1. The van der Waals surface area contributed by atoms with Crippen molar-refractivity contribution in [3.63, 3.8) is 0 Å². The zero-order chi connectivity index (χ0) is 23.0. The SMILES string of the molecule is Cc1cc([C@@H](C)Nc2ccccc2C(=O)O)c2oc(-c3cc(CO)n(C)n3)cc(=O)c2c1. The van der Waals surface area contributed by atoms with Crippen molar-refractivity contribution in [2.75, 3.05) is 5.32 Å². The van der Waals surface area contributed by atoms with Crippen LogP contribution < -0.4 is 10.7 Å². The number of aromatic nitrogens is 2. The van der Waals surface area contributed by atoms with Gasteiger partial charge in [-0.2, -0.15) is 5.10 Å². The van der Waals surface area contributed by atoms with Crippen molar-refractivity contribution in [2.45, 2.75) is 26.5 Å². The number of nitrogens with one attached hydrogen (secondary N) is 1. The molecule has 0 unspecified atom stereocenters. The Bertz CT molecular complexity index is 1390. The molecule has 2 aromatic carbocycles. The van der Waals surface area contributed by atoms with Gasteiger partial charge in [0.1, 0.15) is 11.3 Å². The number of carboxylic acid groups (broad SMARTS) is 1. The number of rotatable bonds is 6. The molecule has 3 N–H and O–H groups in total. The molecule has 0 aliphatic carbocycles. The molecule has 2 heterocycles. The molecule has 8 heteroatoms. The fourth-order valence-corrected chi connectivity index (χ4v) is 3.76. The summed E-state index contributed by atoms with van der Waals surface area (Å²) in [6, 6.07) is 13.0. The third-order valence-corrected chi connectivity index (χ3v) is 5.39. The van der Waals surface area contributed by atoms with Gasteiger partial charge in [0, 0.05) is 24.4 Å². The summed E-state index contributed by atoms with van der Waals surface area (Å²) >= 11 is 0. The van der Waals surface area contributed by atoms with E-state index in [9.17, 15) is 19.8 Å². The first-order valence-electron chi connectivity index (χ1n) is 10.1. The Kier molecular flexibility index (Phi) is 5.54. The number of aliphatic hydroxyl groups is 1. The summed E-state index contributed by atoms with van der Waals surface area (Å²) in [5.41, 5.74) is 3.46. The zero-order valence-electron chi connectivity index (χ0n) is 17.9. The lowest BCUT2D eigenvalue weighted by Crippen LogP contribution is -2.12. The molecule has 1 atom stereocenters. The lowest BCUT2D eigenvalue weighted by atomic mass is 10.0. The van der Waals surface area contributed by atoms with E-state index in [-0.39, 0.29) is 23.6 Å². The Hall–Kier alpha value is -3.91. The highest BCUT2D eigenvalue weighted by atomic mass is 16.4. The highest BCUT2D eigenvalue weighted by Crippen LogP contribution is 2.31. The van der Waals surface area contributed by atoms with Crippen LogP contribution in [-0.4, -0.2) is 26.0 Å². The summed E-state index contributed by atoms with van der Waals surface area (Å²) in [6.07, 6.45) is 0. The number of aryl methyl sites for hydroxylation is 2. The van der Waals surface area contributed by atoms with Crippen LogP contribution >= 0.6 is 0 Å². The molecule has 32 heavy (non-hydrogen) atoms. The normalized spacial score (nSPS) is 12.1. The maximum Gasteiger partial charge on any atom is 0.337 e. The average Bonchev–Trinajstić information content (AvgIpc) is 3.14. The van der Waals surface area contributed by atoms with Crippen LogP contribution in [0.25, 0.3) is 22.4 Å². The fraction of sp³-hybridized carbons (Fsp3) is 0.208. The first-order valence-corrected chi connectivity index (χ1v) is 10.1. The minimum absolute atomic E-state index is 0.156. The first kappa shape index (κ1) is 21.3. The number of fused-ring (bicyclic) bond motifs is 1. The van der Waals surface area contributed by atoms with Crippen LogP contribution in [0.3, 0.4) is 0 Å². The monoisotopic (exact) mass is 433 g/mol. The second kappa shape index (κ2) is 8.32. The van der Waals surface area contributed by atoms with Crippen molar-refractivity contribution in [2.24, 2.45) is 7.05 Å². The number of nitrogens with zero attached hydrogens (tertiary/aromatic N) is 2. The molecule has 0 aliphatic heterocycles. The van der Waals surface area contributed by atoms with Crippen molar-refractivity contribution in [3.05, 3.63) is 81.1 Å². The van der Waals surface area contributed by atoms with Gasteiger partial charge in [0.25, 0.3) is 0 Å². The van der Waals surface area contributed by atoms with Gasteiger partial charge in [-0.3, -0.25) is 9.48 Å². The lowest BCUT2D eigenvalue weighted by Gasteiger charge is -2.19. The van der Waals surface area contributed by atoms with E-state index in [0.29, 0.717) is 33.8 Å². The van der Waals surface area contributed by atoms with Crippen molar-refractivity contribution in [3.8, 4) is 11.5 Å². The summed E-state index contributed by atoms with van der Waals surface area (Å²) in [4.78, 5) is 24.5. The second-order valence-corrected chi connectivity index (χ2v) is 7.73. The molecule has 0 radical (unpaired) electrons. The molecule has 8 nitrogen and oxygen atoms in total. The van der Waals surface area contributed by atoms with E-state index in [1.807, 2.05) is 19.9 Å². The van der Waals surface area contributed by atoms with Gasteiger partial charge in [0.2, 0.25) is 0 Å². The summed E-state index contributed by atoms with van der Waals surface area (Å²) in [5, 5.41) is 26.9. The minimum Gasteiger partial charge on any atom is -0.478 e. The Morgan fingerprint density at radius 3 is 2.66 bits per heavy atom. The van der Waals surface area contributed by atoms with E-state index in [1.54, 1.807) is 37.4 Å². The molecule has 0 bridgehead atoms. The van der Waals surface area contributed by atoms with Gasteiger partial charge < -0.3 is 19.9 Å². The summed E-state index contributed by atoms with van der Waals surface area (Å²) < 4.78 is 7.68. The van der Waals surface area contributed by atoms with Crippen molar-refractivity contribution < 1.29 is 19.4 Å². The molecule has 0 amide bonds. The van der Waals surface area contributed by atoms with E-state index in [0.717, 1.165) is 11.1 Å². The lowest BCUT2D eigenvalue weighted by molar-refractivity contribution is 0.0698. The number of aromatic carboxylic acids is 1. The molecule has 0 saturated carbocycles. The average molecular weight is 433 g/mol. The van der Waals surface area contributed by atoms with Crippen LogP contribution in [0.1, 0.15) is 40.1 Å². The molecular weight excluding hydrogens is 410 g/mol. The molecule has 2 aromatic heterocycles. The van der Waals surface area contributed by atoms with Crippen LogP contribution in [0, 0.1) is 6.92 Å². The molecule has 4 aromatic rings. The molecule has 0 spiro atoms. The highest BCUT2D eigenvalue weighted by molar-refractivity contribution is 5.94. The number of benzene rings is 2. The fourth-order valence-electron chi connectivity index (χ4n) is 3.76. The van der Waals surface area contributed by atoms with Gasteiger partial charge in [0.15, 0.2) is 11.2 Å². The summed E-state index contributed by atoms with van der Waals surface area (Å²) in [7, 11) is 1.70. The molecular formula is C24H23N3O5. The van der Waals surface area contributed by atoms with E-state index < -0.39 is 5.97 Å². The van der Waals surface area contributed by atoms with Crippen LogP contribution in [0.4, 0.5) is 5.69 Å². The molecule has 4 rings (SSSR count). The number of hydrogen-bond acceptors (Lipinski definition) is 6. The van der Waals surface area contributed by atoms with Gasteiger partial charge in [-0.05, 0) is 43.7 Å². The van der Waals surface area contributed by atoms with E-state index in [1.165, 1.54) is 16.8 Å². The first-order chi connectivity index (χ1) is 15.3. The van der Waals surface area contributed by atoms with Crippen molar-refractivity contribution in [1.82, 2.24) is 9.78 Å². The Morgan fingerprint density at radius 2 is 1.97 bits per heavy atom. The van der Waals surface area contributed by atoms with Crippen molar-refractivity contribution in [1.29, 1.82) is 0 Å². The summed E-state index contributed by atoms with van der Waals surface area (Å²) in [6.45, 7) is 3.58. The predicted octanol–water partition coefficient (Wildman–Crippen LogP) is 3.87. The Labute approximate surface area is 183 Å². The predicted molar refractivity (Wildman–Crippen MR) is 121 cm³/mol. The number of aliphatic hydroxyl groups excluding tert-OH is 1. The Balaban J connectivity index is 1.84. The smallest absolute Gasteiger partial charge is 0.337 e. The van der Waals surface area contributed by atoms with Gasteiger partial charge in [0.05, 0.1) is 29.3 Å². The van der Waals surface area contributed by atoms with E-state index in [4.69, 9.17) is 4.42 Å². The highest BCUT2D eigenvalue weighted by Gasteiger charge is 2.19. The van der Waals surface area contributed by atoms with Crippen LogP contribution in [0.2, 0.25) is 0 Å². The maximum atomic E-state index is 12.9. The number of para-hydroxylation sites is 1. The van der Waals surface area contributed by atoms with Crippen LogP contribution in [0.15, 0.2) is 57.7 Å². The minimum atomic E-state index is -1.03. The third-order valence-electron chi connectivity index (χ3n) is 5.39. The quantitative estimate of drug-likeness (QED) is 0.422. The summed E-state index contributed by atoms with van der Waals surface area (Å²) in [5.74, 6) is -0.737. The van der Waals surface area contributed by atoms with Gasteiger partial charge in [-0.1, -0.05) is 18.2 Å². The molecule has 0 aliphatic rings. The van der Waals surface area contributed by atoms with Gasteiger partial charge in [-0.15, -0.1) is 0 Å². The van der Waals surface area contributed by atoms with Gasteiger partial charge >= 0.3 is 5.97 Å². The van der Waals surface area contributed by atoms with Crippen LogP contribution in [0.5, 0.6) is 0 Å². The number of anilines is 1. The zero-order valence-corrected chi connectivity index (χ0v) is 17.9. The van der Waals surface area contributed by atoms with Crippen molar-refractivity contribution >= 4 is 22.6 Å². The topological polar surface area (TPSA) is 118 Å². The number of carboxylic acids is 1. The molecule has 0 saturated heterocycles. The van der Waals surface area contributed by atoms with E-state index >= 15 is 0 Å². The maximum absolute atomic E-state index is 12.9.